The number of rotatable bonds is 9. The van der Waals surface area contributed by atoms with Crippen molar-refractivity contribution in [3.63, 3.8) is 0 Å². The van der Waals surface area contributed by atoms with E-state index in [4.69, 9.17) is 30.6 Å². The number of hydrogen-bond acceptors (Lipinski definition) is 6. The predicted molar refractivity (Wildman–Crippen MR) is 102 cm³/mol. The Balaban J connectivity index is 0. The van der Waals surface area contributed by atoms with Crippen LogP contribution in [-0.4, -0.2) is 67.7 Å². The lowest BCUT2D eigenvalue weighted by Gasteiger charge is -2.16. The van der Waals surface area contributed by atoms with Gasteiger partial charge in [0, 0.05) is 18.3 Å². The van der Waals surface area contributed by atoms with Crippen molar-refractivity contribution in [1.29, 1.82) is 0 Å². The molecule has 0 heterocycles. The van der Waals surface area contributed by atoms with Crippen LogP contribution in [0.1, 0.15) is 60.2 Å². The molecule has 0 bridgehead atoms. The van der Waals surface area contributed by atoms with Gasteiger partial charge in [-0.1, -0.05) is 19.9 Å². The van der Waals surface area contributed by atoms with Crippen molar-refractivity contribution in [3.05, 3.63) is 35.4 Å². The molecule has 0 aliphatic carbocycles. The smallest absolute Gasteiger partial charge is 0.335 e. The quantitative estimate of drug-likeness (QED) is 0.324. The number of carbonyl (C=O) groups is 4. The van der Waals surface area contributed by atoms with Crippen molar-refractivity contribution in [2.75, 3.05) is 13.2 Å². The minimum Gasteiger partial charge on any atom is -0.481 e. The van der Waals surface area contributed by atoms with Gasteiger partial charge in [0.25, 0.3) is 0 Å². The van der Waals surface area contributed by atoms with Crippen molar-refractivity contribution in [1.82, 2.24) is 0 Å². The molecular formula is C19H28O10. The fourth-order valence-corrected chi connectivity index (χ4v) is 1.39. The number of carboxylic acid groups (broad SMARTS) is 4. The number of carboxylic acids is 4. The first-order valence-corrected chi connectivity index (χ1v) is 8.58. The summed E-state index contributed by atoms with van der Waals surface area (Å²) in [5.74, 6) is -3.99. The molecular weight excluding hydrogens is 388 g/mol. The Kier molecular flexibility index (Phi) is 14.6. The van der Waals surface area contributed by atoms with Gasteiger partial charge in [-0.2, -0.15) is 0 Å². The van der Waals surface area contributed by atoms with Crippen LogP contribution < -0.4 is 0 Å². The number of benzene rings is 1. The summed E-state index contributed by atoms with van der Waals surface area (Å²) in [6, 6.07) is 5.20. The fraction of sp³-hybridized carbons (Fsp3) is 0.474. The van der Waals surface area contributed by atoms with Crippen LogP contribution in [0.25, 0.3) is 0 Å². The first-order valence-electron chi connectivity index (χ1n) is 8.58. The van der Waals surface area contributed by atoms with Crippen molar-refractivity contribution in [2.24, 2.45) is 5.41 Å². The van der Waals surface area contributed by atoms with Crippen LogP contribution >= 0.6 is 0 Å². The van der Waals surface area contributed by atoms with E-state index in [1.165, 1.54) is 18.2 Å². The van der Waals surface area contributed by atoms with E-state index in [1.54, 1.807) is 13.8 Å². The zero-order valence-corrected chi connectivity index (χ0v) is 16.4. The number of aliphatic hydroxyl groups is 2. The molecule has 1 aromatic carbocycles. The van der Waals surface area contributed by atoms with Crippen LogP contribution in [0.15, 0.2) is 24.3 Å². The molecule has 0 atom stereocenters. The molecule has 164 valence electrons. The maximum Gasteiger partial charge on any atom is 0.335 e. The van der Waals surface area contributed by atoms with Gasteiger partial charge in [0.05, 0.1) is 24.3 Å². The van der Waals surface area contributed by atoms with E-state index in [-0.39, 0.29) is 42.6 Å². The largest absolute Gasteiger partial charge is 0.481 e. The van der Waals surface area contributed by atoms with Gasteiger partial charge in [-0.25, -0.2) is 9.59 Å². The molecule has 0 amide bonds. The Morgan fingerprint density at radius 2 is 1.10 bits per heavy atom. The number of aromatic carboxylic acids is 2. The molecule has 1 aromatic rings. The summed E-state index contributed by atoms with van der Waals surface area (Å²) in [7, 11) is 0. The zero-order chi connectivity index (χ0) is 23.0. The molecule has 0 saturated heterocycles. The first-order chi connectivity index (χ1) is 13.4. The summed E-state index contributed by atoms with van der Waals surface area (Å²) >= 11 is 0. The molecule has 0 aliphatic rings. The van der Waals surface area contributed by atoms with Gasteiger partial charge in [0.1, 0.15) is 0 Å². The molecule has 0 saturated carbocycles. The van der Waals surface area contributed by atoms with Crippen molar-refractivity contribution >= 4 is 23.9 Å². The summed E-state index contributed by atoms with van der Waals surface area (Å²) < 4.78 is 0. The Labute approximate surface area is 168 Å². The highest BCUT2D eigenvalue weighted by molar-refractivity contribution is 5.93. The van der Waals surface area contributed by atoms with E-state index < -0.39 is 23.9 Å². The monoisotopic (exact) mass is 416 g/mol. The molecule has 1 rings (SSSR count). The van der Waals surface area contributed by atoms with Crippen LogP contribution in [0.2, 0.25) is 0 Å². The van der Waals surface area contributed by atoms with E-state index in [2.05, 4.69) is 0 Å². The highest BCUT2D eigenvalue weighted by Crippen LogP contribution is 2.10. The molecule has 29 heavy (non-hydrogen) atoms. The van der Waals surface area contributed by atoms with Crippen LogP contribution in [0.5, 0.6) is 0 Å². The summed E-state index contributed by atoms with van der Waals surface area (Å²) in [5, 5.41) is 50.1. The minimum atomic E-state index is -1.13. The highest BCUT2D eigenvalue weighted by atomic mass is 16.4. The lowest BCUT2D eigenvalue weighted by atomic mass is 9.97. The van der Waals surface area contributed by atoms with Crippen LogP contribution in [-0.2, 0) is 9.59 Å². The molecule has 0 spiro atoms. The van der Waals surface area contributed by atoms with Gasteiger partial charge in [0.2, 0.25) is 0 Å². The van der Waals surface area contributed by atoms with Gasteiger partial charge < -0.3 is 30.6 Å². The lowest BCUT2D eigenvalue weighted by molar-refractivity contribution is -0.139. The van der Waals surface area contributed by atoms with Gasteiger partial charge in [-0.15, -0.1) is 0 Å². The second-order valence-electron chi connectivity index (χ2n) is 6.67. The highest BCUT2D eigenvalue weighted by Gasteiger charge is 2.13. The number of aliphatic carboxylic acids is 2. The van der Waals surface area contributed by atoms with Crippen LogP contribution in [0.3, 0.4) is 0 Å². The van der Waals surface area contributed by atoms with Gasteiger partial charge in [-0.3, -0.25) is 9.59 Å². The molecule has 10 nitrogen and oxygen atoms in total. The summed E-state index contributed by atoms with van der Waals surface area (Å²) in [5.41, 5.74) is -0.343. The van der Waals surface area contributed by atoms with E-state index in [0.717, 1.165) is 6.07 Å². The normalized spacial score (nSPS) is 9.93. The third-order valence-corrected chi connectivity index (χ3v) is 3.24. The zero-order valence-electron chi connectivity index (χ0n) is 16.4. The number of unbranched alkanes of at least 4 members (excludes halogenated alkanes) is 1. The average Bonchev–Trinajstić information content (AvgIpc) is 2.66. The average molecular weight is 416 g/mol. The van der Waals surface area contributed by atoms with Gasteiger partial charge in [0.15, 0.2) is 0 Å². The Morgan fingerprint density at radius 3 is 1.31 bits per heavy atom. The number of hydrogen-bond donors (Lipinski definition) is 6. The second kappa shape index (κ2) is 15.0. The minimum absolute atomic E-state index is 0.0186. The van der Waals surface area contributed by atoms with Crippen molar-refractivity contribution in [2.45, 2.75) is 39.5 Å². The van der Waals surface area contributed by atoms with Crippen molar-refractivity contribution in [3.8, 4) is 0 Å². The third kappa shape index (κ3) is 16.9. The number of aliphatic hydroxyl groups excluding tert-OH is 2. The van der Waals surface area contributed by atoms with E-state index >= 15 is 0 Å². The molecule has 0 aromatic heterocycles. The molecule has 0 fully saturated rings. The third-order valence-electron chi connectivity index (χ3n) is 3.24. The Morgan fingerprint density at radius 1 is 0.759 bits per heavy atom. The summed E-state index contributed by atoms with van der Waals surface area (Å²) in [6.07, 6.45) is 1.02. The Hall–Kier alpha value is -2.98. The standard InChI is InChI=1S/C8H6O4.C6H10O4.C5H12O2/c9-7(10)5-2-1-3-6(4-5)8(11)12;7-5(8)3-1-2-4-6(9)10;1-5(2,3-6)4-7/h1-4H,(H,9,10)(H,11,12);1-4H2,(H,7,8)(H,9,10);6-7H,3-4H2,1-2H3. The first kappa shape index (κ1) is 28.2. The van der Waals surface area contributed by atoms with Crippen molar-refractivity contribution < 1.29 is 49.8 Å². The van der Waals surface area contributed by atoms with Crippen LogP contribution in [0.4, 0.5) is 0 Å². The van der Waals surface area contributed by atoms with Gasteiger partial charge >= 0.3 is 23.9 Å². The summed E-state index contributed by atoms with van der Waals surface area (Å²) in [4.78, 5) is 40.6. The summed E-state index contributed by atoms with van der Waals surface area (Å²) in [6.45, 7) is 3.69. The Bertz CT molecular complexity index is 615. The molecule has 0 aliphatic heterocycles. The van der Waals surface area contributed by atoms with E-state index in [9.17, 15) is 19.2 Å². The maximum absolute atomic E-state index is 10.4. The van der Waals surface area contributed by atoms with E-state index in [0.29, 0.717) is 12.8 Å². The predicted octanol–water partition coefficient (Wildman–Crippen LogP) is 1.80. The lowest BCUT2D eigenvalue weighted by Crippen LogP contribution is -2.20. The van der Waals surface area contributed by atoms with Gasteiger partial charge in [-0.05, 0) is 31.0 Å². The molecule has 6 N–H and O–H groups in total. The maximum atomic E-state index is 10.4. The molecule has 0 unspecified atom stereocenters. The SMILES string of the molecule is CC(C)(CO)CO.O=C(O)CCCCC(=O)O.O=C(O)c1cccc(C(=O)O)c1. The van der Waals surface area contributed by atoms with E-state index in [1.807, 2.05) is 0 Å². The molecule has 10 heteroatoms. The topological polar surface area (TPSA) is 190 Å². The fourth-order valence-electron chi connectivity index (χ4n) is 1.39. The second-order valence-corrected chi connectivity index (χ2v) is 6.67. The van der Waals surface area contributed by atoms with Crippen LogP contribution in [0, 0.1) is 5.41 Å². The molecule has 0 radical (unpaired) electrons.